The molecule has 2 aromatic rings. The molecule has 0 radical (unpaired) electrons. The lowest BCUT2D eigenvalue weighted by Gasteiger charge is -2.28. The van der Waals surface area contributed by atoms with Crippen LogP contribution in [0.15, 0.2) is 53.4 Å². The van der Waals surface area contributed by atoms with Crippen molar-refractivity contribution < 1.29 is 17.9 Å². The minimum Gasteiger partial charge on any atom is -0.497 e. The summed E-state index contributed by atoms with van der Waals surface area (Å²) in [7, 11) is -1.93. The van der Waals surface area contributed by atoms with Crippen LogP contribution in [0.4, 0.5) is 0 Å². The third-order valence-electron chi connectivity index (χ3n) is 4.37. The van der Waals surface area contributed by atoms with E-state index < -0.39 is 10.0 Å². The van der Waals surface area contributed by atoms with Crippen LogP contribution in [0.25, 0.3) is 0 Å². The van der Waals surface area contributed by atoms with Crippen LogP contribution < -0.4 is 19.5 Å². The van der Waals surface area contributed by atoms with E-state index in [1.165, 1.54) is 0 Å². The van der Waals surface area contributed by atoms with Gasteiger partial charge in [-0.1, -0.05) is 0 Å². The monoisotopic (exact) mass is 412 g/mol. The van der Waals surface area contributed by atoms with Crippen LogP contribution >= 0.6 is 12.4 Å². The Morgan fingerprint density at radius 2 is 1.56 bits per heavy atom. The number of ether oxygens (including phenoxy) is 2. The van der Waals surface area contributed by atoms with Crippen molar-refractivity contribution in [2.45, 2.75) is 36.7 Å². The van der Waals surface area contributed by atoms with E-state index >= 15 is 0 Å². The molecular formula is C19H25ClN2O4S. The summed E-state index contributed by atoms with van der Waals surface area (Å²) >= 11 is 0. The molecule has 0 aliphatic carbocycles. The Morgan fingerprint density at radius 3 is 2.11 bits per heavy atom. The largest absolute Gasteiger partial charge is 0.497 e. The van der Waals surface area contributed by atoms with Crippen LogP contribution in [0, 0.1) is 0 Å². The molecule has 3 rings (SSSR count). The van der Waals surface area contributed by atoms with Crippen molar-refractivity contribution >= 4 is 22.4 Å². The van der Waals surface area contributed by atoms with Gasteiger partial charge in [0.15, 0.2) is 0 Å². The van der Waals surface area contributed by atoms with E-state index in [2.05, 4.69) is 17.0 Å². The van der Waals surface area contributed by atoms with Gasteiger partial charge < -0.3 is 14.8 Å². The zero-order chi connectivity index (χ0) is 18.6. The van der Waals surface area contributed by atoms with Crippen LogP contribution in [-0.4, -0.2) is 34.2 Å². The fraction of sp³-hybridized carbons (Fsp3) is 0.368. The zero-order valence-electron chi connectivity index (χ0n) is 15.3. The topological polar surface area (TPSA) is 76.7 Å². The van der Waals surface area contributed by atoms with Crippen molar-refractivity contribution in [2.24, 2.45) is 0 Å². The van der Waals surface area contributed by atoms with Gasteiger partial charge in [0.25, 0.3) is 0 Å². The standard InChI is InChI=1S/C19H24N2O4S.ClH/c1-14-13-15(11-12-20-14)21-26(22,23)19-9-7-18(8-10-19)25-17-5-3-16(24-2)4-6-17;/h3-10,14-15,20-21H,11-13H2,1-2H3;1H. The highest BCUT2D eigenvalue weighted by atomic mass is 35.5. The lowest BCUT2D eigenvalue weighted by molar-refractivity contribution is 0.361. The summed E-state index contributed by atoms with van der Waals surface area (Å²) in [5, 5.41) is 3.32. The molecule has 1 aliphatic heterocycles. The van der Waals surface area contributed by atoms with Gasteiger partial charge in [0.05, 0.1) is 12.0 Å². The lowest BCUT2D eigenvalue weighted by Crippen LogP contribution is -2.46. The van der Waals surface area contributed by atoms with Gasteiger partial charge in [0.1, 0.15) is 17.2 Å². The maximum atomic E-state index is 12.6. The highest BCUT2D eigenvalue weighted by Gasteiger charge is 2.24. The molecule has 0 spiro atoms. The second kappa shape index (κ2) is 9.41. The summed E-state index contributed by atoms with van der Waals surface area (Å²) < 4.78 is 38.8. The average Bonchev–Trinajstić information content (AvgIpc) is 2.62. The van der Waals surface area contributed by atoms with Crippen molar-refractivity contribution in [2.75, 3.05) is 13.7 Å². The van der Waals surface area contributed by atoms with Gasteiger partial charge >= 0.3 is 0 Å². The smallest absolute Gasteiger partial charge is 0.240 e. The molecule has 6 nitrogen and oxygen atoms in total. The van der Waals surface area contributed by atoms with E-state index in [1.807, 2.05) is 0 Å². The molecular weight excluding hydrogens is 388 g/mol. The second-order valence-corrected chi connectivity index (χ2v) is 8.16. The Hall–Kier alpha value is -1.80. The highest BCUT2D eigenvalue weighted by molar-refractivity contribution is 7.89. The van der Waals surface area contributed by atoms with Crippen molar-refractivity contribution in [1.82, 2.24) is 10.0 Å². The number of sulfonamides is 1. The lowest BCUT2D eigenvalue weighted by atomic mass is 10.0. The summed E-state index contributed by atoms with van der Waals surface area (Å²) in [5.74, 6) is 1.98. The summed E-state index contributed by atoms with van der Waals surface area (Å²) in [6.07, 6.45) is 1.58. The molecule has 0 aromatic heterocycles. The van der Waals surface area contributed by atoms with Gasteiger partial charge in [0.2, 0.25) is 10.0 Å². The molecule has 0 bridgehead atoms. The van der Waals surface area contributed by atoms with Crippen molar-refractivity contribution in [3.05, 3.63) is 48.5 Å². The van der Waals surface area contributed by atoms with Crippen LogP contribution in [-0.2, 0) is 10.0 Å². The molecule has 2 N–H and O–H groups in total. The summed E-state index contributed by atoms with van der Waals surface area (Å²) in [6.45, 7) is 2.88. The van der Waals surface area contributed by atoms with Gasteiger partial charge in [-0.25, -0.2) is 13.1 Å². The predicted molar refractivity (Wildman–Crippen MR) is 108 cm³/mol. The summed E-state index contributed by atoms with van der Waals surface area (Å²) in [6, 6.07) is 13.9. The number of hydrogen-bond donors (Lipinski definition) is 2. The normalized spacial score (nSPS) is 19.8. The number of benzene rings is 2. The van der Waals surface area contributed by atoms with E-state index in [-0.39, 0.29) is 23.3 Å². The SMILES string of the molecule is COc1ccc(Oc2ccc(S(=O)(=O)NC3CCNC(C)C3)cc2)cc1.Cl. The van der Waals surface area contributed by atoms with E-state index in [4.69, 9.17) is 9.47 Å². The number of nitrogens with one attached hydrogen (secondary N) is 2. The van der Waals surface area contributed by atoms with Gasteiger partial charge in [-0.2, -0.15) is 0 Å². The minimum absolute atomic E-state index is 0. The molecule has 1 fully saturated rings. The van der Waals surface area contributed by atoms with Gasteiger partial charge in [-0.05, 0) is 74.8 Å². The molecule has 27 heavy (non-hydrogen) atoms. The molecule has 0 saturated carbocycles. The fourth-order valence-electron chi connectivity index (χ4n) is 2.99. The third-order valence-corrected chi connectivity index (χ3v) is 5.91. The van der Waals surface area contributed by atoms with Gasteiger partial charge in [-0.15, -0.1) is 12.4 Å². The quantitative estimate of drug-likeness (QED) is 0.761. The Morgan fingerprint density at radius 1 is 1.00 bits per heavy atom. The summed E-state index contributed by atoms with van der Waals surface area (Å²) in [4.78, 5) is 0.241. The number of hydrogen-bond acceptors (Lipinski definition) is 5. The maximum absolute atomic E-state index is 12.6. The highest BCUT2D eigenvalue weighted by Crippen LogP contribution is 2.25. The first-order valence-electron chi connectivity index (χ1n) is 8.64. The van der Waals surface area contributed by atoms with E-state index in [9.17, 15) is 8.42 Å². The van der Waals surface area contributed by atoms with Crippen LogP contribution in [0.5, 0.6) is 17.2 Å². The minimum atomic E-state index is -3.53. The molecule has 2 atom stereocenters. The Kier molecular flexibility index (Phi) is 7.49. The van der Waals surface area contributed by atoms with Crippen LogP contribution in [0.1, 0.15) is 19.8 Å². The molecule has 0 amide bonds. The first-order valence-corrected chi connectivity index (χ1v) is 10.1. The molecule has 8 heteroatoms. The zero-order valence-corrected chi connectivity index (χ0v) is 17.0. The molecule has 2 aromatic carbocycles. The Bertz CT molecular complexity index is 826. The van der Waals surface area contributed by atoms with E-state index in [1.54, 1.807) is 55.6 Å². The van der Waals surface area contributed by atoms with Crippen molar-refractivity contribution in [3.8, 4) is 17.2 Å². The number of methoxy groups -OCH3 is 1. The predicted octanol–water partition coefficient (Wildman–Crippen LogP) is 3.33. The first-order chi connectivity index (χ1) is 12.5. The van der Waals surface area contributed by atoms with E-state index in [0.29, 0.717) is 17.5 Å². The first kappa shape index (κ1) is 21.5. The van der Waals surface area contributed by atoms with Gasteiger partial charge in [-0.3, -0.25) is 0 Å². The molecule has 1 saturated heterocycles. The van der Waals surface area contributed by atoms with Crippen LogP contribution in [0.2, 0.25) is 0 Å². The maximum Gasteiger partial charge on any atom is 0.240 e. The number of rotatable bonds is 6. The number of halogens is 1. The summed E-state index contributed by atoms with van der Waals surface area (Å²) in [5.41, 5.74) is 0. The van der Waals surface area contributed by atoms with Crippen molar-refractivity contribution in [1.29, 1.82) is 0 Å². The molecule has 2 unspecified atom stereocenters. The second-order valence-electron chi connectivity index (χ2n) is 6.45. The van der Waals surface area contributed by atoms with E-state index in [0.717, 1.165) is 25.1 Å². The van der Waals surface area contributed by atoms with Crippen LogP contribution in [0.3, 0.4) is 0 Å². The molecule has 1 aliphatic rings. The molecule has 1 heterocycles. The Balaban J connectivity index is 0.00000261. The van der Waals surface area contributed by atoms with Gasteiger partial charge in [0, 0.05) is 12.1 Å². The number of piperidine rings is 1. The van der Waals surface area contributed by atoms with Crippen molar-refractivity contribution in [3.63, 3.8) is 0 Å². The molecule has 148 valence electrons. The fourth-order valence-corrected chi connectivity index (χ4v) is 4.28. The third kappa shape index (κ3) is 5.84. The Labute approximate surface area is 166 Å². The average molecular weight is 413 g/mol.